The molecule has 0 aliphatic rings. The first-order valence-corrected chi connectivity index (χ1v) is 6.43. The molecule has 2 aromatic rings. The lowest BCUT2D eigenvalue weighted by atomic mass is 10.1. The number of aromatic nitrogens is 2. The second-order valence-corrected chi connectivity index (χ2v) is 4.75. The molecule has 0 aliphatic heterocycles. The van der Waals surface area contributed by atoms with E-state index in [0.29, 0.717) is 11.9 Å². The van der Waals surface area contributed by atoms with Crippen molar-refractivity contribution in [3.8, 4) is 0 Å². The Morgan fingerprint density at radius 3 is 2.58 bits per heavy atom. The van der Waals surface area contributed by atoms with Gasteiger partial charge in [-0.3, -0.25) is 0 Å². The first-order valence-electron chi connectivity index (χ1n) is 6.43. The summed E-state index contributed by atoms with van der Waals surface area (Å²) in [5, 5.41) is 7.03. The van der Waals surface area contributed by atoms with Crippen molar-refractivity contribution in [2.45, 2.75) is 19.4 Å². The number of nitrogens with one attached hydrogen (secondary N) is 1. The molecular formula is C14H20N4O. The Balaban J connectivity index is 1.83. The lowest BCUT2D eigenvalue weighted by Crippen LogP contribution is -2.21. The van der Waals surface area contributed by atoms with E-state index in [9.17, 15) is 0 Å². The Labute approximate surface area is 113 Å². The van der Waals surface area contributed by atoms with Gasteiger partial charge in [-0.2, -0.15) is 4.98 Å². The molecule has 0 amide bonds. The largest absolute Gasteiger partial charge is 0.378 e. The Morgan fingerprint density at radius 1 is 1.26 bits per heavy atom. The Kier molecular flexibility index (Phi) is 4.52. The summed E-state index contributed by atoms with van der Waals surface area (Å²) in [5.41, 5.74) is 2.48. The average molecular weight is 260 g/mol. The van der Waals surface area contributed by atoms with Gasteiger partial charge in [0.15, 0.2) is 6.33 Å². The van der Waals surface area contributed by atoms with Crippen molar-refractivity contribution in [3.05, 3.63) is 42.0 Å². The highest BCUT2D eigenvalue weighted by atomic mass is 16.5. The van der Waals surface area contributed by atoms with Crippen molar-refractivity contribution in [2.75, 3.05) is 25.5 Å². The van der Waals surface area contributed by atoms with Gasteiger partial charge in [-0.15, -0.1) is 0 Å². The van der Waals surface area contributed by atoms with E-state index in [0.717, 1.165) is 13.0 Å². The third-order valence-corrected chi connectivity index (χ3v) is 3.11. The maximum atomic E-state index is 4.96. The van der Waals surface area contributed by atoms with Crippen LogP contribution in [0.25, 0.3) is 0 Å². The van der Waals surface area contributed by atoms with Crippen molar-refractivity contribution >= 4 is 5.69 Å². The molecule has 1 aromatic carbocycles. The van der Waals surface area contributed by atoms with E-state index in [4.69, 9.17) is 4.52 Å². The predicted molar refractivity (Wildman–Crippen MR) is 75.2 cm³/mol. The van der Waals surface area contributed by atoms with Crippen molar-refractivity contribution in [3.63, 3.8) is 0 Å². The first kappa shape index (κ1) is 13.5. The van der Waals surface area contributed by atoms with Gasteiger partial charge >= 0.3 is 0 Å². The summed E-state index contributed by atoms with van der Waals surface area (Å²) in [6.45, 7) is 2.97. The summed E-state index contributed by atoms with van der Waals surface area (Å²) in [7, 11) is 4.09. The third kappa shape index (κ3) is 3.79. The van der Waals surface area contributed by atoms with Crippen LogP contribution in [-0.2, 0) is 6.42 Å². The molecule has 5 nitrogen and oxygen atoms in total. The fraction of sp³-hybridized carbons (Fsp3) is 0.429. The molecule has 1 N–H and O–H groups in total. The van der Waals surface area contributed by atoms with Crippen molar-refractivity contribution < 1.29 is 4.52 Å². The van der Waals surface area contributed by atoms with Crippen molar-refractivity contribution in [1.82, 2.24) is 15.5 Å². The van der Waals surface area contributed by atoms with Crippen LogP contribution in [0.1, 0.15) is 24.4 Å². The zero-order valence-electron chi connectivity index (χ0n) is 11.6. The van der Waals surface area contributed by atoms with Crippen LogP contribution in [0.15, 0.2) is 35.1 Å². The number of rotatable bonds is 6. The maximum absolute atomic E-state index is 4.96. The van der Waals surface area contributed by atoms with Crippen molar-refractivity contribution in [1.29, 1.82) is 0 Å². The van der Waals surface area contributed by atoms with Crippen molar-refractivity contribution in [2.24, 2.45) is 0 Å². The molecule has 0 saturated carbocycles. The lowest BCUT2D eigenvalue weighted by molar-refractivity contribution is 0.372. The standard InChI is InChI=1S/C14H20N4O/c1-11(15-9-8-14-16-10-17-19-14)12-4-6-13(7-5-12)18(2)3/h4-7,10-11,15H,8-9H2,1-3H3. The minimum atomic E-state index is 0.305. The summed E-state index contributed by atoms with van der Waals surface area (Å²) in [6.07, 6.45) is 2.18. The molecule has 0 radical (unpaired) electrons. The highest BCUT2D eigenvalue weighted by Gasteiger charge is 2.06. The van der Waals surface area contributed by atoms with Gasteiger partial charge in [-0.05, 0) is 24.6 Å². The van der Waals surface area contributed by atoms with Gasteiger partial charge in [0.05, 0.1) is 0 Å². The minimum absolute atomic E-state index is 0.305. The predicted octanol–water partition coefficient (Wildman–Crippen LogP) is 2.03. The molecule has 1 unspecified atom stereocenters. The molecule has 1 heterocycles. The van der Waals surface area contributed by atoms with Crippen LogP contribution in [0.3, 0.4) is 0 Å². The van der Waals surface area contributed by atoms with Gasteiger partial charge in [0, 0.05) is 38.8 Å². The van der Waals surface area contributed by atoms with E-state index >= 15 is 0 Å². The van der Waals surface area contributed by atoms with Crippen LogP contribution >= 0.6 is 0 Å². The van der Waals surface area contributed by atoms with Crippen LogP contribution in [0, 0.1) is 0 Å². The number of benzene rings is 1. The van der Waals surface area contributed by atoms with Gasteiger partial charge in [0.25, 0.3) is 0 Å². The third-order valence-electron chi connectivity index (χ3n) is 3.11. The SMILES string of the molecule is CC(NCCc1ncno1)c1ccc(N(C)C)cc1. The van der Waals surface area contributed by atoms with E-state index in [1.807, 2.05) is 14.1 Å². The van der Waals surface area contributed by atoms with Gasteiger partial charge in [-0.1, -0.05) is 17.3 Å². The molecule has 1 aromatic heterocycles. The molecule has 0 bridgehead atoms. The summed E-state index contributed by atoms with van der Waals surface area (Å²) in [6, 6.07) is 8.87. The molecular weight excluding hydrogens is 240 g/mol. The summed E-state index contributed by atoms with van der Waals surface area (Å²) >= 11 is 0. The molecule has 5 heteroatoms. The number of hydrogen-bond acceptors (Lipinski definition) is 5. The highest BCUT2D eigenvalue weighted by Crippen LogP contribution is 2.17. The molecule has 102 valence electrons. The van der Waals surface area contributed by atoms with Crippen LogP contribution in [0.2, 0.25) is 0 Å². The zero-order valence-corrected chi connectivity index (χ0v) is 11.6. The van der Waals surface area contributed by atoms with Crippen LogP contribution in [0.5, 0.6) is 0 Å². The molecule has 1 atom stereocenters. The second-order valence-electron chi connectivity index (χ2n) is 4.75. The van der Waals surface area contributed by atoms with E-state index < -0.39 is 0 Å². The lowest BCUT2D eigenvalue weighted by Gasteiger charge is -2.16. The second kappa shape index (κ2) is 6.33. The highest BCUT2D eigenvalue weighted by molar-refractivity contribution is 5.46. The normalized spacial score (nSPS) is 12.4. The van der Waals surface area contributed by atoms with Crippen LogP contribution < -0.4 is 10.2 Å². The number of nitrogens with zero attached hydrogens (tertiary/aromatic N) is 3. The average Bonchev–Trinajstić information content (AvgIpc) is 2.92. The van der Waals surface area contributed by atoms with E-state index in [2.05, 4.69) is 51.5 Å². The topological polar surface area (TPSA) is 54.2 Å². The molecule has 0 fully saturated rings. The minimum Gasteiger partial charge on any atom is -0.378 e. The molecule has 0 aliphatic carbocycles. The summed E-state index contributed by atoms with van der Waals surface area (Å²) < 4.78 is 4.96. The molecule has 2 rings (SSSR count). The quantitative estimate of drug-likeness (QED) is 0.861. The van der Waals surface area contributed by atoms with Crippen LogP contribution in [-0.4, -0.2) is 30.8 Å². The van der Waals surface area contributed by atoms with Gasteiger partial charge in [-0.25, -0.2) is 0 Å². The smallest absolute Gasteiger partial charge is 0.227 e. The Bertz CT molecular complexity index is 479. The van der Waals surface area contributed by atoms with Gasteiger partial charge in [0.1, 0.15) is 0 Å². The fourth-order valence-electron chi connectivity index (χ4n) is 1.88. The Morgan fingerprint density at radius 2 is 2.00 bits per heavy atom. The van der Waals surface area contributed by atoms with Crippen LogP contribution in [0.4, 0.5) is 5.69 Å². The van der Waals surface area contributed by atoms with Gasteiger partial charge in [0.2, 0.25) is 5.89 Å². The van der Waals surface area contributed by atoms with E-state index in [1.165, 1.54) is 17.6 Å². The summed E-state index contributed by atoms with van der Waals surface area (Å²) in [5.74, 6) is 0.669. The molecule has 19 heavy (non-hydrogen) atoms. The number of anilines is 1. The molecule has 0 saturated heterocycles. The van der Waals surface area contributed by atoms with Gasteiger partial charge < -0.3 is 14.7 Å². The Hall–Kier alpha value is -1.88. The van der Waals surface area contributed by atoms with E-state index in [1.54, 1.807) is 0 Å². The summed E-state index contributed by atoms with van der Waals surface area (Å²) in [4.78, 5) is 6.09. The maximum Gasteiger partial charge on any atom is 0.227 e. The number of hydrogen-bond donors (Lipinski definition) is 1. The fourth-order valence-corrected chi connectivity index (χ4v) is 1.88. The molecule has 0 spiro atoms. The monoisotopic (exact) mass is 260 g/mol. The van der Waals surface area contributed by atoms with E-state index in [-0.39, 0.29) is 0 Å². The zero-order chi connectivity index (χ0) is 13.7. The first-order chi connectivity index (χ1) is 9.16.